The van der Waals surface area contributed by atoms with Crippen molar-refractivity contribution in [2.75, 3.05) is 26.4 Å². The largest absolute Gasteiger partial charge is 0.465 e. The van der Waals surface area contributed by atoms with Crippen LogP contribution in [0.15, 0.2) is 52.7 Å². The van der Waals surface area contributed by atoms with Crippen molar-refractivity contribution in [2.45, 2.75) is 78.4 Å². The predicted octanol–water partition coefficient (Wildman–Crippen LogP) is 4.97. The monoisotopic (exact) mass is 652 g/mol. The number of rotatable bonds is 10. The van der Waals surface area contributed by atoms with Crippen molar-refractivity contribution >= 4 is 29.7 Å². The molecule has 0 spiro atoms. The number of nitrogens with zero attached hydrogens (tertiary/aromatic N) is 4. The van der Waals surface area contributed by atoms with Crippen molar-refractivity contribution in [2.24, 2.45) is 10.9 Å². The van der Waals surface area contributed by atoms with E-state index in [2.05, 4.69) is 10.2 Å². The number of hydrogen-bond donors (Lipinski definition) is 0. The van der Waals surface area contributed by atoms with Gasteiger partial charge in [0.05, 0.1) is 54.5 Å². The first-order valence-corrected chi connectivity index (χ1v) is 15.8. The van der Waals surface area contributed by atoms with E-state index in [1.54, 1.807) is 53.7 Å². The summed E-state index contributed by atoms with van der Waals surface area (Å²) in [6.45, 7) is 10.8. The molecule has 4 rings (SSSR count). The SMILES string of the molecule is CCOC(=O)C1=C(Cc2ccc(F)cc2)N=C([C@@H]2CCCN2C(=O)OC(C)(C)C)C(C(=O)OCC)C1c1ccc(C(=O)OCC)nn1. The number of aromatic nitrogens is 2. The Morgan fingerprint density at radius 3 is 2.15 bits per heavy atom. The number of carbonyl (C=O) groups is 4. The standard InChI is InChI=1S/C34H41FN4O8/c1-7-44-30(40)23-17-16-22(37-38-23)26-27(31(41)45-8-2)24(19-20-12-14-21(35)15-13-20)36-29(28(26)32(42)46-9-3)25-11-10-18-39(25)33(43)47-34(4,5)6/h12-17,25-26,28H,7-11,18-19H2,1-6H3/t25-,26?,28?/m0/s1. The lowest BCUT2D eigenvalue weighted by Gasteiger charge is -2.37. The minimum absolute atomic E-state index is 0.0298. The molecule has 1 saturated heterocycles. The molecule has 47 heavy (non-hydrogen) atoms. The number of aliphatic imine (C=N–C) groups is 1. The van der Waals surface area contributed by atoms with Crippen LogP contribution in [0.5, 0.6) is 0 Å². The zero-order valence-corrected chi connectivity index (χ0v) is 27.6. The number of ether oxygens (including phenoxy) is 4. The van der Waals surface area contributed by atoms with Crippen LogP contribution in [0, 0.1) is 11.7 Å². The molecular formula is C34H41FN4O8. The highest BCUT2D eigenvalue weighted by molar-refractivity contribution is 6.11. The maximum atomic E-state index is 14.0. The van der Waals surface area contributed by atoms with E-state index in [1.165, 1.54) is 29.2 Å². The van der Waals surface area contributed by atoms with Gasteiger partial charge in [0, 0.05) is 13.0 Å². The van der Waals surface area contributed by atoms with Gasteiger partial charge in [-0.15, -0.1) is 5.10 Å². The normalized spacial score (nSPS) is 19.6. The lowest BCUT2D eigenvalue weighted by Crippen LogP contribution is -2.50. The van der Waals surface area contributed by atoms with E-state index in [1.807, 2.05) is 0 Å². The molecule has 2 aliphatic rings. The Balaban J connectivity index is 1.97. The number of halogens is 1. The molecule has 3 atom stereocenters. The second-order valence-electron chi connectivity index (χ2n) is 12.0. The highest BCUT2D eigenvalue weighted by Gasteiger charge is 2.50. The molecule has 1 aromatic heterocycles. The Bertz CT molecular complexity index is 1530. The molecule has 12 nitrogen and oxygen atoms in total. The molecule has 252 valence electrons. The van der Waals surface area contributed by atoms with E-state index in [9.17, 15) is 23.6 Å². The number of esters is 3. The highest BCUT2D eigenvalue weighted by atomic mass is 19.1. The van der Waals surface area contributed by atoms with Gasteiger partial charge in [0.25, 0.3) is 0 Å². The molecule has 0 radical (unpaired) electrons. The molecule has 2 aliphatic heterocycles. The van der Waals surface area contributed by atoms with Crippen molar-refractivity contribution < 1.29 is 42.5 Å². The summed E-state index contributed by atoms with van der Waals surface area (Å²) in [6, 6.07) is 7.96. The Morgan fingerprint density at radius 2 is 1.55 bits per heavy atom. The van der Waals surface area contributed by atoms with Crippen molar-refractivity contribution in [3.05, 3.63) is 70.4 Å². The van der Waals surface area contributed by atoms with Gasteiger partial charge < -0.3 is 18.9 Å². The van der Waals surface area contributed by atoms with Crippen LogP contribution in [0.2, 0.25) is 0 Å². The topological polar surface area (TPSA) is 147 Å². The molecular weight excluding hydrogens is 611 g/mol. The molecule has 1 aromatic carbocycles. The van der Waals surface area contributed by atoms with Crippen LogP contribution < -0.4 is 0 Å². The molecule has 13 heteroatoms. The van der Waals surface area contributed by atoms with Crippen molar-refractivity contribution in [1.82, 2.24) is 15.1 Å². The fourth-order valence-corrected chi connectivity index (χ4v) is 5.71. The number of amides is 1. The summed E-state index contributed by atoms with van der Waals surface area (Å²) in [5.74, 6) is -4.89. The van der Waals surface area contributed by atoms with Gasteiger partial charge in [0.1, 0.15) is 17.3 Å². The van der Waals surface area contributed by atoms with Crippen LogP contribution >= 0.6 is 0 Å². The first-order chi connectivity index (χ1) is 22.4. The molecule has 1 fully saturated rings. The summed E-state index contributed by atoms with van der Waals surface area (Å²) in [5, 5.41) is 8.36. The van der Waals surface area contributed by atoms with Crippen molar-refractivity contribution in [1.29, 1.82) is 0 Å². The third-order valence-corrected chi connectivity index (χ3v) is 7.57. The minimum atomic E-state index is -1.22. The summed E-state index contributed by atoms with van der Waals surface area (Å²) in [5.41, 5.74) is 0.554. The molecule has 0 N–H and O–H groups in total. The van der Waals surface area contributed by atoms with E-state index >= 15 is 0 Å². The van der Waals surface area contributed by atoms with E-state index in [4.69, 9.17) is 23.9 Å². The van der Waals surface area contributed by atoms with Crippen LogP contribution in [0.1, 0.15) is 82.0 Å². The molecule has 2 aromatic rings. The molecule has 3 heterocycles. The Morgan fingerprint density at radius 1 is 0.894 bits per heavy atom. The smallest absolute Gasteiger partial charge is 0.410 e. The zero-order valence-electron chi connectivity index (χ0n) is 27.6. The fourth-order valence-electron chi connectivity index (χ4n) is 5.71. The van der Waals surface area contributed by atoms with Crippen LogP contribution in [-0.2, 0) is 35.0 Å². The molecule has 0 saturated carbocycles. The minimum Gasteiger partial charge on any atom is -0.465 e. The third kappa shape index (κ3) is 8.38. The first-order valence-electron chi connectivity index (χ1n) is 15.8. The summed E-state index contributed by atoms with van der Waals surface area (Å²) in [7, 11) is 0. The van der Waals surface area contributed by atoms with Crippen LogP contribution in [-0.4, -0.2) is 82.8 Å². The lowest BCUT2D eigenvalue weighted by molar-refractivity contribution is -0.146. The maximum absolute atomic E-state index is 14.0. The summed E-state index contributed by atoms with van der Waals surface area (Å²) < 4.78 is 35.6. The summed E-state index contributed by atoms with van der Waals surface area (Å²) in [4.78, 5) is 60.1. The quantitative estimate of drug-likeness (QED) is 0.255. The van der Waals surface area contributed by atoms with Gasteiger partial charge in [0.15, 0.2) is 5.69 Å². The number of carbonyl (C=O) groups excluding carboxylic acids is 4. The molecule has 1 amide bonds. The van der Waals surface area contributed by atoms with E-state index < -0.39 is 53.3 Å². The van der Waals surface area contributed by atoms with E-state index in [0.29, 0.717) is 30.7 Å². The predicted molar refractivity (Wildman–Crippen MR) is 168 cm³/mol. The highest BCUT2D eigenvalue weighted by Crippen LogP contribution is 2.43. The number of likely N-dealkylation sites (tertiary alicyclic amines) is 1. The molecule has 0 bridgehead atoms. The Labute approximate surface area is 273 Å². The molecule has 0 aliphatic carbocycles. The average Bonchev–Trinajstić information content (AvgIpc) is 3.51. The van der Waals surface area contributed by atoms with Gasteiger partial charge in [-0.3, -0.25) is 14.7 Å². The zero-order chi connectivity index (χ0) is 34.3. The number of allylic oxidation sites excluding steroid dienone is 1. The Hall–Kier alpha value is -4.68. The second-order valence-corrected chi connectivity index (χ2v) is 12.0. The van der Waals surface area contributed by atoms with E-state index in [0.717, 1.165) is 0 Å². The lowest BCUT2D eigenvalue weighted by atomic mass is 9.74. The van der Waals surface area contributed by atoms with Gasteiger partial charge in [0.2, 0.25) is 0 Å². The number of hydrogen-bond acceptors (Lipinski definition) is 11. The first kappa shape index (κ1) is 35.2. The average molecular weight is 653 g/mol. The summed E-state index contributed by atoms with van der Waals surface area (Å²) in [6.07, 6.45) is 0.573. The summed E-state index contributed by atoms with van der Waals surface area (Å²) >= 11 is 0. The van der Waals surface area contributed by atoms with Gasteiger partial charge >= 0.3 is 24.0 Å². The van der Waals surface area contributed by atoms with Gasteiger partial charge in [-0.1, -0.05) is 12.1 Å². The second kappa shape index (κ2) is 15.3. The third-order valence-electron chi connectivity index (χ3n) is 7.57. The maximum Gasteiger partial charge on any atom is 0.410 e. The van der Waals surface area contributed by atoms with Gasteiger partial charge in [-0.2, -0.15) is 5.10 Å². The fraction of sp³-hybridized carbons (Fsp3) is 0.500. The van der Waals surface area contributed by atoms with Crippen LogP contribution in [0.25, 0.3) is 0 Å². The number of benzene rings is 1. The van der Waals surface area contributed by atoms with Gasteiger partial charge in [-0.05, 0) is 84.2 Å². The van der Waals surface area contributed by atoms with Gasteiger partial charge in [-0.25, -0.2) is 18.8 Å². The van der Waals surface area contributed by atoms with E-state index in [-0.39, 0.29) is 48.9 Å². The van der Waals surface area contributed by atoms with Crippen LogP contribution in [0.3, 0.4) is 0 Å². The van der Waals surface area contributed by atoms with Crippen LogP contribution in [0.4, 0.5) is 9.18 Å². The molecule has 2 unspecified atom stereocenters. The van der Waals surface area contributed by atoms with Crippen molar-refractivity contribution in [3.63, 3.8) is 0 Å². The van der Waals surface area contributed by atoms with Crippen molar-refractivity contribution in [3.8, 4) is 0 Å². The Kier molecular flexibility index (Phi) is 11.4.